The molecule has 1 fully saturated rings. The van der Waals surface area contributed by atoms with Gasteiger partial charge in [0, 0.05) is 27.2 Å². The van der Waals surface area contributed by atoms with E-state index in [1.54, 1.807) is 18.5 Å². The number of carbonyl (C=O) groups excluding carboxylic acids is 1. The molecule has 1 aliphatic heterocycles. The lowest BCUT2D eigenvalue weighted by atomic mass is 9.92. The Bertz CT molecular complexity index is 992. The minimum absolute atomic E-state index is 0.105. The highest BCUT2D eigenvalue weighted by Crippen LogP contribution is 2.23. The molecule has 0 spiro atoms. The van der Waals surface area contributed by atoms with Crippen LogP contribution in [0.5, 0.6) is 0 Å². The van der Waals surface area contributed by atoms with E-state index in [9.17, 15) is 14.4 Å². The minimum Gasteiger partial charge on any atom is -0.465 e. The van der Waals surface area contributed by atoms with E-state index in [-0.39, 0.29) is 18.7 Å². The van der Waals surface area contributed by atoms with E-state index >= 15 is 0 Å². The lowest BCUT2D eigenvalue weighted by Gasteiger charge is -2.34. The molecule has 3 heterocycles. The Morgan fingerprint density at radius 3 is 2.39 bits per heavy atom. The first kappa shape index (κ1) is 20.3. The number of hydrogen-bond donors (Lipinski definition) is 0. The molecular formula is C19H29N5O4. The standard InChI is InChI=1S/C19H29N5O4/c1-6-28-15(25)11-24-14(10-23-8-12(2)7-13(3)9-23)20-17-16(24)18(26)22(5)19(27)21(17)4/h12-13H,6-11H2,1-5H3/t12-,13-/m1/s1. The molecule has 0 bridgehead atoms. The van der Waals surface area contributed by atoms with E-state index in [0.29, 0.717) is 29.9 Å². The number of carbonyl (C=O) groups is 1. The Morgan fingerprint density at radius 1 is 1.14 bits per heavy atom. The third-order valence-electron chi connectivity index (χ3n) is 5.33. The van der Waals surface area contributed by atoms with Crippen molar-refractivity contribution in [3.63, 3.8) is 0 Å². The van der Waals surface area contributed by atoms with E-state index < -0.39 is 17.2 Å². The number of aromatic nitrogens is 4. The zero-order valence-electron chi connectivity index (χ0n) is 17.3. The normalized spacial score (nSPS) is 20.6. The van der Waals surface area contributed by atoms with Gasteiger partial charge in [0.1, 0.15) is 12.4 Å². The Kier molecular flexibility index (Phi) is 5.74. The summed E-state index contributed by atoms with van der Waals surface area (Å²) in [6, 6.07) is 0. The Labute approximate surface area is 163 Å². The van der Waals surface area contributed by atoms with Crippen molar-refractivity contribution < 1.29 is 9.53 Å². The van der Waals surface area contributed by atoms with Crippen LogP contribution in [-0.4, -0.2) is 49.3 Å². The van der Waals surface area contributed by atoms with Crippen molar-refractivity contribution >= 4 is 17.1 Å². The first-order chi connectivity index (χ1) is 13.2. The van der Waals surface area contributed by atoms with Crippen molar-refractivity contribution in [3.8, 4) is 0 Å². The summed E-state index contributed by atoms with van der Waals surface area (Å²) in [4.78, 5) is 44.2. The number of fused-ring (bicyclic) bond motifs is 1. The summed E-state index contributed by atoms with van der Waals surface area (Å²) in [5.41, 5.74) is -0.345. The molecule has 0 aromatic carbocycles. The van der Waals surface area contributed by atoms with Gasteiger partial charge >= 0.3 is 11.7 Å². The van der Waals surface area contributed by atoms with Crippen LogP contribution in [0.4, 0.5) is 0 Å². The second kappa shape index (κ2) is 7.90. The predicted octanol–water partition coefficient (Wildman–Crippen LogP) is 0.475. The van der Waals surface area contributed by atoms with Crippen molar-refractivity contribution in [3.05, 3.63) is 26.7 Å². The smallest absolute Gasteiger partial charge is 0.332 e. The summed E-state index contributed by atoms with van der Waals surface area (Å²) in [7, 11) is 3.01. The number of nitrogens with zero attached hydrogens (tertiary/aromatic N) is 5. The SMILES string of the molecule is CCOC(=O)Cn1c(CN2C[C@H](C)C[C@@H](C)C2)nc2c1c(=O)n(C)c(=O)n2C. The lowest BCUT2D eigenvalue weighted by molar-refractivity contribution is -0.143. The molecule has 0 N–H and O–H groups in total. The quantitative estimate of drug-likeness (QED) is 0.689. The van der Waals surface area contributed by atoms with Crippen LogP contribution in [-0.2, 0) is 36.7 Å². The third kappa shape index (κ3) is 3.76. The molecule has 3 rings (SSSR count). The minimum atomic E-state index is -0.457. The first-order valence-corrected chi connectivity index (χ1v) is 9.76. The fourth-order valence-corrected chi connectivity index (χ4v) is 4.24. The molecule has 9 nitrogen and oxygen atoms in total. The van der Waals surface area contributed by atoms with Crippen LogP contribution in [0.15, 0.2) is 9.59 Å². The van der Waals surface area contributed by atoms with Crippen LogP contribution in [0.1, 0.15) is 33.0 Å². The molecule has 154 valence electrons. The van der Waals surface area contributed by atoms with Gasteiger partial charge in [0.15, 0.2) is 11.2 Å². The summed E-state index contributed by atoms with van der Waals surface area (Å²) in [5, 5.41) is 0. The molecule has 28 heavy (non-hydrogen) atoms. The Hall–Kier alpha value is -2.42. The summed E-state index contributed by atoms with van der Waals surface area (Å²) in [6.07, 6.45) is 1.19. The molecule has 1 aliphatic rings. The average molecular weight is 391 g/mol. The topological polar surface area (TPSA) is 91.4 Å². The van der Waals surface area contributed by atoms with Crippen LogP contribution >= 0.6 is 0 Å². The highest BCUT2D eigenvalue weighted by molar-refractivity contribution is 5.76. The lowest BCUT2D eigenvalue weighted by Crippen LogP contribution is -2.39. The maximum Gasteiger partial charge on any atom is 0.332 e. The molecule has 2 atom stereocenters. The van der Waals surface area contributed by atoms with Gasteiger partial charge in [-0.25, -0.2) is 9.78 Å². The van der Waals surface area contributed by atoms with Crippen LogP contribution in [0.3, 0.4) is 0 Å². The van der Waals surface area contributed by atoms with E-state index in [1.165, 1.54) is 18.0 Å². The first-order valence-electron chi connectivity index (χ1n) is 9.76. The molecule has 9 heteroatoms. The van der Waals surface area contributed by atoms with Crippen molar-refractivity contribution in [2.75, 3.05) is 19.7 Å². The van der Waals surface area contributed by atoms with Crippen molar-refractivity contribution in [1.82, 2.24) is 23.6 Å². The zero-order chi connectivity index (χ0) is 20.6. The number of likely N-dealkylation sites (tertiary alicyclic amines) is 1. The molecule has 0 saturated carbocycles. The van der Waals surface area contributed by atoms with Crippen LogP contribution in [0.25, 0.3) is 11.2 Å². The number of imidazole rings is 1. The van der Waals surface area contributed by atoms with Gasteiger partial charge in [0.25, 0.3) is 5.56 Å². The molecule has 0 aliphatic carbocycles. The van der Waals surface area contributed by atoms with Crippen LogP contribution in [0, 0.1) is 11.8 Å². The van der Waals surface area contributed by atoms with Gasteiger partial charge in [0.05, 0.1) is 13.2 Å². The van der Waals surface area contributed by atoms with E-state index in [0.717, 1.165) is 17.7 Å². The number of ether oxygens (including phenoxy) is 1. The fraction of sp³-hybridized carbons (Fsp3) is 0.684. The fourth-order valence-electron chi connectivity index (χ4n) is 4.24. The molecule has 0 amide bonds. The second-order valence-corrected chi connectivity index (χ2v) is 7.94. The van der Waals surface area contributed by atoms with E-state index in [1.807, 2.05) is 0 Å². The Morgan fingerprint density at radius 2 is 1.79 bits per heavy atom. The van der Waals surface area contributed by atoms with Gasteiger partial charge in [-0.3, -0.25) is 23.6 Å². The number of rotatable bonds is 5. The molecule has 2 aromatic rings. The Balaban J connectivity index is 2.11. The summed E-state index contributed by atoms with van der Waals surface area (Å²) in [6.45, 7) is 8.73. The number of aryl methyl sites for hydroxylation is 1. The number of esters is 1. The number of piperidine rings is 1. The highest BCUT2D eigenvalue weighted by Gasteiger charge is 2.26. The average Bonchev–Trinajstić information content (AvgIpc) is 2.95. The third-order valence-corrected chi connectivity index (χ3v) is 5.33. The molecule has 0 unspecified atom stereocenters. The van der Waals surface area contributed by atoms with Crippen LogP contribution < -0.4 is 11.2 Å². The van der Waals surface area contributed by atoms with Gasteiger partial charge in [-0.1, -0.05) is 13.8 Å². The number of hydrogen-bond acceptors (Lipinski definition) is 6. The zero-order valence-corrected chi connectivity index (χ0v) is 17.3. The van der Waals surface area contributed by atoms with Gasteiger partial charge in [-0.05, 0) is 25.2 Å². The molecule has 0 radical (unpaired) electrons. The maximum atomic E-state index is 12.8. The van der Waals surface area contributed by atoms with Gasteiger partial charge in [0.2, 0.25) is 0 Å². The van der Waals surface area contributed by atoms with Gasteiger partial charge in [-0.2, -0.15) is 0 Å². The second-order valence-electron chi connectivity index (χ2n) is 7.94. The van der Waals surface area contributed by atoms with Gasteiger partial charge in [-0.15, -0.1) is 0 Å². The summed E-state index contributed by atoms with van der Waals surface area (Å²) >= 11 is 0. The summed E-state index contributed by atoms with van der Waals surface area (Å²) < 4.78 is 9.09. The van der Waals surface area contributed by atoms with E-state index in [4.69, 9.17) is 4.74 Å². The molecule has 2 aromatic heterocycles. The summed E-state index contributed by atoms with van der Waals surface area (Å²) in [5.74, 6) is 1.31. The van der Waals surface area contributed by atoms with Crippen molar-refractivity contribution in [2.45, 2.75) is 40.3 Å². The monoisotopic (exact) mass is 391 g/mol. The highest BCUT2D eigenvalue weighted by atomic mass is 16.5. The van der Waals surface area contributed by atoms with Crippen molar-refractivity contribution in [2.24, 2.45) is 25.9 Å². The largest absolute Gasteiger partial charge is 0.465 e. The predicted molar refractivity (Wildman–Crippen MR) is 105 cm³/mol. The van der Waals surface area contributed by atoms with E-state index in [2.05, 4.69) is 23.7 Å². The molecular weight excluding hydrogens is 362 g/mol. The maximum absolute atomic E-state index is 12.8. The molecule has 1 saturated heterocycles. The van der Waals surface area contributed by atoms with Crippen LogP contribution in [0.2, 0.25) is 0 Å². The van der Waals surface area contributed by atoms with Gasteiger partial charge < -0.3 is 9.30 Å². The van der Waals surface area contributed by atoms with Crippen molar-refractivity contribution in [1.29, 1.82) is 0 Å².